The molecular formula is C16H24O4. The van der Waals surface area contributed by atoms with Gasteiger partial charge in [-0.05, 0) is 18.8 Å². The van der Waals surface area contributed by atoms with Crippen molar-refractivity contribution in [1.82, 2.24) is 0 Å². The highest BCUT2D eigenvalue weighted by molar-refractivity contribution is 5.72. The molecule has 2 N–H and O–H groups in total. The molecule has 0 bridgehead atoms. The molecule has 4 heteroatoms. The highest BCUT2D eigenvalue weighted by atomic mass is 16.6. The van der Waals surface area contributed by atoms with Gasteiger partial charge in [0, 0.05) is 18.3 Å². The molecule has 112 valence electrons. The van der Waals surface area contributed by atoms with Gasteiger partial charge in [-0.25, -0.2) is 0 Å². The first-order valence-corrected chi connectivity index (χ1v) is 7.89. The van der Waals surface area contributed by atoms with Crippen molar-refractivity contribution in [2.24, 2.45) is 17.8 Å². The van der Waals surface area contributed by atoms with E-state index in [4.69, 9.17) is 4.74 Å². The second-order valence-corrected chi connectivity index (χ2v) is 6.55. The average molecular weight is 280 g/mol. The van der Waals surface area contributed by atoms with Crippen LogP contribution in [0.3, 0.4) is 0 Å². The Bertz CT molecular complexity index is 386. The minimum atomic E-state index is -0.451. The Morgan fingerprint density at radius 3 is 2.75 bits per heavy atom. The van der Waals surface area contributed by atoms with E-state index in [1.807, 2.05) is 12.2 Å². The molecule has 0 aromatic rings. The smallest absolute Gasteiger partial charge is 0.306 e. The molecular weight excluding hydrogens is 256 g/mol. The Morgan fingerprint density at radius 2 is 2.00 bits per heavy atom. The maximum atomic E-state index is 11.3. The van der Waals surface area contributed by atoms with Crippen molar-refractivity contribution in [3.63, 3.8) is 0 Å². The number of carbonyl (C=O) groups excluding carboxylic acids is 1. The Kier molecular flexibility index (Phi) is 4.13. The van der Waals surface area contributed by atoms with Crippen molar-refractivity contribution in [3.05, 3.63) is 12.2 Å². The van der Waals surface area contributed by atoms with Crippen LogP contribution in [0.4, 0.5) is 0 Å². The van der Waals surface area contributed by atoms with Gasteiger partial charge in [0.2, 0.25) is 0 Å². The minimum absolute atomic E-state index is 0.0512. The zero-order valence-corrected chi connectivity index (χ0v) is 11.8. The summed E-state index contributed by atoms with van der Waals surface area (Å²) in [6.07, 6.45) is 9.57. The van der Waals surface area contributed by atoms with Crippen LogP contribution in [0.2, 0.25) is 0 Å². The molecule has 2 aliphatic carbocycles. The van der Waals surface area contributed by atoms with E-state index in [0.29, 0.717) is 18.8 Å². The summed E-state index contributed by atoms with van der Waals surface area (Å²) in [7, 11) is 0. The van der Waals surface area contributed by atoms with Gasteiger partial charge in [0.05, 0.1) is 18.6 Å². The van der Waals surface area contributed by atoms with Gasteiger partial charge < -0.3 is 14.9 Å². The van der Waals surface area contributed by atoms with Crippen LogP contribution < -0.4 is 0 Å². The van der Waals surface area contributed by atoms with E-state index in [2.05, 4.69) is 0 Å². The van der Waals surface area contributed by atoms with Crippen molar-refractivity contribution in [3.8, 4) is 0 Å². The molecule has 1 aliphatic heterocycles. The highest BCUT2D eigenvalue weighted by Gasteiger charge is 2.48. The molecule has 5 atom stereocenters. The molecule has 4 nitrogen and oxygen atoms in total. The van der Waals surface area contributed by atoms with Crippen molar-refractivity contribution in [1.29, 1.82) is 0 Å². The van der Waals surface area contributed by atoms with E-state index in [9.17, 15) is 15.0 Å². The van der Waals surface area contributed by atoms with Gasteiger partial charge >= 0.3 is 5.97 Å². The molecule has 0 spiro atoms. The molecule has 2 saturated carbocycles. The van der Waals surface area contributed by atoms with E-state index in [1.165, 1.54) is 19.3 Å². The molecule has 0 amide bonds. The molecule has 0 unspecified atom stereocenters. The first-order valence-electron chi connectivity index (χ1n) is 7.89. The normalized spacial score (nSPS) is 40.0. The molecule has 20 heavy (non-hydrogen) atoms. The average Bonchev–Trinajstić information content (AvgIpc) is 2.92. The molecule has 3 aliphatic rings. The fraction of sp³-hybridized carbons (Fsp3) is 0.812. The first kappa shape index (κ1) is 14.1. The maximum Gasteiger partial charge on any atom is 0.306 e. The number of esters is 1. The zero-order chi connectivity index (χ0) is 14.1. The highest BCUT2D eigenvalue weighted by Crippen LogP contribution is 2.42. The Morgan fingerprint density at radius 1 is 1.25 bits per heavy atom. The molecule has 0 aromatic heterocycles. The number of carbonyl (C=O) groups is 1. The minimum Gasteiger partial charge on any atom is -0.462 e. The number of hydrogen-bond acceptors (Lipinski definition) is 4. The predicted molar refractivity (Wildman–Crippen MR) is 73.8 cm³/mol. The van der Waals surface area contributed by atoms with Crippen LogP contribution in [-0.4, -0.2) is 34.5 Å². The second-order valence-electron chi connectivity index (χ2n) is 6.55. The summed E-state index contributed by atoms with van der Waals surface area (Å²) >= 11 is 0. The largest absolute Gasteiger partial charge is 0.462 e. The predicted octanol–water partition coefficient (Wildman–Crippen LogP) is 1.80. The van der Waals surface area contributed by atoms with Crippen LogP contribution in [0.1, 0.15) is 44.9 Å². The Labute approximate surface area is 119 Å². The van der Waals surface area contributed by atoms with Crippen molar-refractivity contribution >= 4 is 5.97 Å². The summed E-state index contributed by atoms with van der Waals surface area (Å²) in [4.78, 5) is 11.3. The van der Waals surface area contributed by atoms with Gasteiger partial charge in [-0.2, -0.15) is 0 Å². The molecule has 0 radical (unpaired) electrons. The zero-order valence-electron chi connectivity index (χ0n) is 11.8. The summed E-state index contributed by atoms with van der Waals surface area (Å²) in [6, 6.07) is 0. The summed E-state index contributed by atoms with van der Waals surface area (Å²) in [6.45, 7) is 0. The molecule has 1 heterocycles. The monoisotopic (exact) mass is 280 g/mol. The lowest BCUT2D eigenvalue weighted by Gasteiger charge is -2.25. The topological polar surface area (TPSA) is 66.8 Å². The quantitative estimate of drug-likeness (QED) is 0.611. The van der Waals surface area contributed by atoms with Crippen LogP contribution in [0, 0.1) is 17.8 Å². The van der Waals surface area contributed by atoms with Gasteiger partial charge in [0.15, 0.2) is 0 Å². The summed E-state index contributed by atoms with van der Waals surface area (Å²) < 4.78 is 5.21. The SMILES string of the molecule is O=C1C[C@@H]2[C@@H](C=C[C@@H](O)C3CCCCC3)[C@H](O)C[C@@H]2O1. The van der Waals surface area contributed by atoms with Gasteiger partial charge in [0.25, 0.3) is 0 Å². The lowest BCUT2D eigenvalue weighted by molar-refractivity contribution is -0.141. The lowest BCUT2D eigenvalue weighted by atomic mass is 9.84. The molecule has 1 saturated heterocycles. The number of rotatable bonds is 3. The number of hydrogen-bond donors (Lipinski definition) is 2. The number of ether oxygens (including phenoxy) is 1. The van der Waals surface area contributed by atoms with E-state index in [1.54, 1.807) is 0 Å². The number of fused-ring (bicyclic) bond motifs is 1. The van der Waals surface area contributed by atoms with E-state index >= 15 is 0 Å². The van der Waals surface area contributed by atoms with Gasteiger partial charge in [0.1, 0.15) is 6.10 Å². The molecule has 3 rings (SSSR count). The van der Waals surface area contributed by atoms with E-state index < -0.39 is 12.2 Å². The lowest BCUT2D eigenvalue weighted by Crippen LogP contribution is -2.22. The van der Waals surface area contributed by atoms with E-state index in [-0.39, 0.29) is 23.9 Å². The summed E-state index contributed by atoms with van der Waals surface area (Å²) in [5.74, 6) is 0.242. The fourth-order valence-electron chi connectivity index (χ4n) is 4.06. The summed E-state index contributed by atoms with van der Waals surface area (Å²) in [5, 5.41) is 20.3. The summed E-state index contributed by atoms with van der Waals surface area (Å²) in [5.41, 5.74) is 0. The Hall–Kier alpha value is -0.870. The fourth-order valence-corrected chi connectivity index (χ4v) is 4.06. The van der Waals surface area contributed by atoms with Crippen molar-refractivity contribution < 1.29 is 19.7 Å². The van der Waals surface area contributed by atoms with Crippen LogP contribution in [0.15, 0.2) is 12.2 Å². The molecule has 3 fully saturated rings. The third-order valence-corrected chi connectivity index (χ3v) is 5.24. The number of aliphatic hydroxyl groups is 2. The standard InChI is InChI=1S/C16H24O4/c17-13(10-4-2-1-3-5-10)7-6-11-12-8-16(19)20-15(12)9-14(11)18/h6-7,10-15,17-18H,1-5,8-9H2/t11-,12-,13-,14-,15+/m1/s1. The Balaban J connectivity index is 1.61. The maximum absolute atomic E-state index is 11.3. The van der Waals surface area contributed by atoms with Crippen LogP contribution in [0.5, 0.6) is 0 Å². The van der Waals surface area contributed by atoms with Crippen LogP contribution >= 0.6 is 0 Å². The third kappa shape index (κ3) is 2.77. The van der Waals surface area contributed by atoms with Gasteiger partial charge in [-0.3, -0.25) is 4.79 Å². The van der Waals surface area contributed by atoms with E-state index in [0.717, 1.165) is 12.8 Å². The molecule has 0 aromatic carbocycles. The van der Waals surface area contributed by atoms with Gasteiger partial charge in [-0.1, -0.05) is 31.4 Å². The van der Waals surface area contributed by atoms with Crippen LogP contribution in [0.25, 0.3) is 0 Å². The third-order valence-electron chi connectivity index (χ3n) is 5.24. The first-order chi connectivity index (χ1) is 9.65. The number of aliphatic hydroxyl groups excluding tert-OH is 2. The van der Waals surface area contributed by atoms with Gasteiger partial charge in [-0.15, -0.1) is 0 Å². The van der Waals surface area contributed by atoms with Crippen molar-refractivity contribution in [2.75, 3.05) is 0 Å². The van der Waals surface area contributed by atoms with Crippen molar-refractivity contribution in [2.45, 2.75) is 63.3 Å². The second kappa shape index (κ2) is 5.86. The van der Waals surface area contributed by atoms with Crippen LogP contribution in [-0.2, 0) is 9.53 Å².